The number of ether oxygens (including phenoxy) is 1. The topological polar surface area (TPSA) is 160 Å². The lowest BCUT2D eigenvalue weighted by Crippen LogP contribution is -2.36. The van der Waals surface area contributed by atoms with Crippen LogP contribution in [-0.2, 0) is 4.74 Å². The summed E-state index contributed by atoms with van der Waals surface area (Å²) in [7, 11) is 0. The number of nitrogens with one attached hydrogen (secondary N) is 1. The number of nitrogens with two attached hydrogens (primary N) is 1. The molecule has 1 fully saturated rings. The Kier molecular flexibility index (Phi) is 3.51. The second-order valence-corrected chi connectivity index (χ2v) is 4.58. The third-order valence-electron chi connectivity index (χ3n) is 3.27. The van der Waals surface area contributed by atoms with Gasteiger partial charge in [-0.15, -0.1) is 0 Å². The van der Waals surface area contributed by atoms with E-state index in [1.165, 1.54) is 12.7 Å². The van der Waals surface area contributed by atoms with Crippen LogP contribution < -0.4 is 11.1 Å². The zero-order valence-electron chi connectivity index (χ0n) is 10.8. The van der Waals surface area contributed by atoms with Crippen LogP contribution in [0.3, 0.4) is 0 Å². The van der Waals surface area contributed by atoms with Crippen LogP contribution in [0.2, 0.25) is 0 Å². The third-order valence-corrected chi connectivity index (χ3v) is 3.27. The first kappa shape index (κ1) is 13.8. The molecular weight excluding hydrogens is 280 g/mol. The minimum Gasteiger partial charge on any atom is -0.394 e. The average molecular weight is 294 g/mol. The Bertz CT molecular complexity index is 656. The lowest BCUT2D eigenvalue weighted by Gasteiger charge is -2.17. The number of hydrogen-bond acceptors (Lipinski definition) is 10. The van der Waals surface area contributed by atoms with Crippen molar-refractivity contribution in [2.24, 2.45) is 0 Å². The molecule has 1 aliphatic rings. The highest BCUT2D eigenvalue weighted by Crippen LogP contribution is 2.25. The lowest BCUT2D eigenvalue weighted by atomic mass is 10.1. The SMILES string of the molecule is Nc1ncnc2c(NC3OC(CO)C(O)C3O)ncnc12. The average Bonchev–Trinajstić information content (AvgIpc) is 2.76. The van der Waals surface area contributed by atoms with Crippen LogP contribution in [0.4, 0.5) is 11.6 Å². The van der Waals surface area contributed by atoms with Crippen molar-refractivity contribution in [2.45, 2.75) is 24.5 Å². The molecule has 21 heavy (non-hydrogen) atoms. The number of fused-ring (bicyclic) bond motifs is 1. The first-order chi connectivity index (χ1) is 10.1. The summed E-state index contributed by atoms with van der Waals surface area (Å²) in [5.74, 6) is 0.482. The molecule has 112 valence electrons. The molecule has 4 atom stereocenters. The van der Waals surface area contributed by atoms with E-state index in [9.17, 15) is 10.2 Å². The van der Waals surface area contributed by atoms with Gasteiger partial charge in [0.15, 0.2) is 17.9 Å². The van der Waals surface area contributed by atoms with Crippen molar-refractivity contribution in [3.63, 3.8) is 0 Å². The number of rotatable bonds is 3. The molecule has 2 aromatic heterocycles. The summed E-state index contributed by atoms with van der Waals surface area (Å²) in [6, 6.07) is 0. The Morgan fingerprint density at radius 1 is 1.10 bits per heavy atom. The van der Waals surface area contributed by atoms with E-state index in [1.54, 1.807) is 0 Å². The summed E-state index contributed by atoms with van der Waals surface area (Å²) in [4.78, 5) is 15.9. The van der Waals surface area contributed by atoms with Gasteiger partial charge in [0.25, 0.3) is 0 Å². The van der Waals surface area contributed by atoms with Gasteiger partial charge in [0, 0.05) is 0 Å². The Labute approximate surface area is 118 Å². The highest BCUT2D eigenvalue weighted by atomic mass is 16.6. The maximum atomic E-state index is 9.90. The van der Waals surface area contributed by atoms with Crippen molar-refractivity contribution in [3.05, 3.63) is 12.7 Å². The zero-order valence-corrected chi connectivity index (χ0v) is 10.8. The number of aliphatic hydroxyl groups excluding tert-OH is 3. The summed E-state index contributed by atoms with van der Waals surface area (Å²) in [6.45, 7) is -0.407. The van der Waals surface area contributed by atoms with Crippen LogP contribution in [0.25, 0.3) is 11.0 Å². The molecule has 10 nitrogen and oxygen atoms in total. The van der Waals surface area contributed by atoms with Crippen molar-refractivity contribution >= 4 is 22.7 Å². The van der Waals surface area contributed by atoms with Gasteiger partial charge in [-0.3, -0.25) is 0 Å². The normalized spacial score (nSPS) is 28.9. The zero-order chi connectivity index (χ0) is 15.0. The second kappa shape index (κ2) is 5.33. The fourth-order valence-electron chi connectivity index (χ4n) is 2.16. The molecule has 6 N–H and O–H groups in total. The molecule has 4 unspecified atom stereocenters. The predicted octanol–water partition coefficient (Wildman–Crippen LogP) is -2.15. The van der Waals surface area contributed by atoms with E-state index in [1.807, 2.05) is 0 Å². The van der Waals surface area contributed by atoms with E-state index in [4.69, 9.17) is 15.6 Å². The molecular formula is C11H14N6O4. The Hall–Kier alpha value is -2.14. The lowest BCUT2D eigenvalue weighted by molar-refractivity contribution is -0.0153. The second-order valence-electron chi connectivity index (χ2n) is 4.58. The maximum absolute atomic E-state index is 9.90. The quantitative estimate of drug-likeness (QED) is 0.422. The van der Waals surface area contributed by atoms with Gasteiger partial charge in [-0.25, -0.2) is 19.9 Å². The number of hydrogen-bond donors (Lipinski definition) is 5. The molecule has 2 aromatic rings. The first-order valence-corrected chi connectivity index (χ1v) is 6.22. The molecule has 1 aliphatic heterocycles. The maximum Gasteiger partial charge on any atom is 0.158 e. The molecule has 0 aromatic carbocycles. The molecule has 0 bridgehead atoms. The van der Waals surface area contributed by atoms with Crippen LogP contribution in [0.5, 0.6) is 0 Å². The molecule has 0 amide bonds. The van der Waals surface area contributed by atoms with Crippen molar-refractivity contribution in [3.8, 4) is 0 Å². The highest BCUT2D eigenvalue weighted by molar-refractivity contribution is 5.91. The Morgan fingerprint density at radius 3 is 2.52 bits per heavy atom. The van der Waals surface area contributed by atoms with E-state index >= 15 is 0 Å². The minimum atomic E-state index is -1.22. The van der Waals surface area contributed by atoms with E-state index in [-0.39, 0.29) is 11.6 Å². The monoisotopic (exact) mass is 294 g/mol. The van der Waals surface area contributed by atoms with Gasteiger partial charge in [-0.05, 0) is 0 Å². The van der Waals surface area contributed by atoms with Gasteiger partial charge >= 0.3 is 0 Å². The molecule has 3 heterocycles. The van der Waals surface area contributed by atoms with Crippen molar-refractivity contribution < 1.29 is 20.1 Å². The first-order valence-electron chi connectivity index (χ1n) is 6.22. The van der Waals surface area contributed by atoms with Gasteiger partial charge in [0.2, 0.25) is 0 Å². The van der Waals surface area contributed by atoms with Gasteiger partial charge in [-0.2, -0.15) is 0 Å². The van der Waals surface area contributed by atoms with E-state index in [2.05, 4.69) is 25.3 Å². The van der Waals surface area contributed by atoms with E-state index in [0.717, 1.165) is 0 Å². The molecule has 10 heteroatoms. The summed E-state index contributed by atoms with van der Waals surface area (Å²) < 4.78 is 5.32. The number of nitrogens with zero attached hydrogens (tertiary/aromatic N) is 4. The molecule has 1 saturated heterocycles. The van der Waals surface area contributed by atoms with Gasteiger partial charge in [0.05, 0.1) is 6.61 Å². The Morgan fingerprint density at radius 2 is 1.81 bits per heavy atom. The van der Waals surface area contributed by atoms with Gasteiger partial charge in [0.1, 0.15) is 42.0 Å². The molecule has 0 saturated carbocycles. The van der Waals surface area contributed by atoms with Gasteiger partial charge < -0.3 is 31.1 Å². The molecule has 0 spiro atoms. The summed E-state index contributed by atoms with van der Waals surface area (Å²) >= 11 is 0. The largest absolute Gasteiger partial charge is 0.394 e. The van der Waals surface area contributed by atoms with Crippen molar-refractivity contribution in [1.82, 2.24) is 19.9 Å². The van der Waals surface area contributed by atoms with Crippen LogP contribution in [0.15, 0.2) is 12.7 Å². The number of anilines is 2. The molecule has 0 radical (unpaired) electrons. The molecule has 0 aliphatic carbocycles. The number of aliphatic hydroxyl groups is 3. The van der Waals surface area contributed by atoms with Crippen LogP contribution >= 0.6 is 0 Å². The van der Waals surface area contributed by atoms with Crippen molar-refractivity contribution in [1.29, 1.82) is 0 Å². The summed E-state index contributed by atoms with van der Waals surface area (Å²) in [5, 5.41) is 31.5. The van der Waals surface area contributed by atoms with E-state index < -0.39 is 31.1 Å². The van der Waals surface area contributed by atoms with Crippen LogP contribution in [0, 0.1) is 0 Å². The number of nitrogen functional groups attached to an aromatic ring is 1. The van der Waals surface area contributed by atoms with Crippen LogP contribution in [0.1, 0.15) is 0 Å². The van der Waals surface area contributed by atoms with Crippen molar-refractivity contribution in [2.75, 3.05) is 17.7 Å². The third kappa shape index (κ3) is 2.34. The molecule has 3 rings (SSSR count). The fourth-order valence-corrected chi connectivity index (χ4v) is 2.16. The van der Waals surface area contributed by atoms with E-state index in [0.29, 0.717) is 11.0 Å². The predicted molar refractivity (Wildman–Crippen MR) is 70.9 cm³/mol. The standard InChI is InChI=1S/C11H14N6O4/c12-9-5-6(14-2-15-9)10(16-3-13-5)17-11-8(20)7(19)4(1-18)21-11/h2-4,7-8,11,18-20H,1H2,(H2,12,14,15)(H,13,16,17). The fraction of sp³-hybridized carbons (Fsp3) is 0.455. The van der Waals surface area contributed by atoms with Gasteiger partial charge in [-0.1, -0.05) is 0 Å². The van der Waals surface area contributed by atoms with Crippen LogP contribution in [-0.4, -0.2) is 66.4 Å². The minimum absolute atomic E-state index is 0.201. The number of aromatic nitrogens is 4. The summed E-state index contributed by atoms with van der Waals surface area (Å²) in [6.07, 6.45) is -1.68. The summed E-state index contributed by atoms with van der Waals surface area (Å²) in [5.41, 5.74) is 6.43. The smallest absolute Gasteiger partial charge is 0.158 e. The highest BCUT2D eigenvalue weighted by Gasteiger charge is 2.42. The Balaban J connectivity index is 1.91.